The van der Waals surface area contributed by atoms with Gasteiger partial charge in [-0.3, -0.25) is 14.4 Å². The first-order chi connectivity index (χ1) is 20.6. The first-order valence-electron chi connectivity index (χ1n) is 15.4. The summed E-state index contributed by atoms with van der Waals surface area (Å²) in [6.45, 7) is 8.54. The minimum absolute atomic E-state index is 0.0527. The van der Waals surface area contributed by atoms with Crippen LogP contribution in [-0.2, 0) is 39.9 Å². The number of ketones is 1. The highest BCUT2D eigenvalue weighted by Crippen LogP contribution is 2.73. The van der Waals surface area contributed by atoms with Crippen molar-refractivity contribution in [2.45, 2.75) is 90.3 Å². The van der Waals surface area contributed by atoms with Crippen molar-refractivity contribution in [3.63, 3.8) is 0 Å². The zero-order valence-corrected chi connectivity index (χ0v) is 25.5. The molecule has 7 rings (SSSR count). The van der Waals surface area contributed by atoms with Crippen LogP contribution in [0.4, 0.5) is 0 Å². The van der Waals surface area contributed by atoms with Crippen LogP contribution in [0.1, 0.15) is 70.4 Å². The Labute approximate surface area is 252 Å². The number of rotatable bonds is 7. The number of fused-ring (bicyclic) bond motifs is 4. The molecule has 0 spiro atoms. The van der Waals surface area contributed by atoms with Crippen LogP contribution in [0.25, 0.3) is 0 Å². The smallest absolute Gasteiger partial charge is 0.315 e. The number of hydrogen-bond donors (Lipinski definition) is 0. The molecule has 2 saturated heterocycles. The molecular formula is C35H40O8. The van der Waals surface area contributed by atoms with Crippen LogP contribution < -0.4 is 0 Å². The molecule has 1 aromatic heterocycles. The number of Topliss-reactive ketones (excluding diaryl/α,β-unsaturated/α-hetero) is 1. The fraction of sp³-hybridized carbons (Fsp3) is 0.571. The number of methoxy groups -OCH3 is 1. The van der Waals surface area contributed by atoms with Crippen LogP contribution in [0.15, 0.2) is 64.5 Å². The van der Waals surface area contributed by atoms with E-state index < -0.39 is 40.5 Å². The minimum atomic E-state index is -1.04. The lowest BCUT2D eigenvalue weighted by atomic mass is 9.40. The first kappa shape index (κ1) is 28.5. The number of benzene rings is 1. The van der Waals surface area contributed by atoms with Crippen LogP contribution >= 0.6 is 0 Å². The Bertz CT molecular complexity index is 1480. The highest BCUT2D eigenvalue weighted by Gasteiger charge is 2.80. The number of carbonyl (C=O) groups is 3. The van der Waals surface area contributed by atoms with E-state index in [-0.39, 0.29) is 48.5 Å². The van der Waals surface area contributed by atoms with E-state index >= 15 is 0 Å². The number of allylic oxidation sites excluding steroid dienone is 1. The van der Waals surface area contributed by atoms with Gasteiger partial charge >= 0.3 is 11.9 Å². The van der Waals surface area contributed by atoms with E-state index in [1.54, 1.807) is 12.5 Å². The van der Waals surface area contributed by atoms with Gasteiger partial charge < -0.3 is 23.4 Å². The molecule has 0 radical (unpaired) electrons. The third-order valence-electron chi connectivity index (χ3n) is 12.0. The molecule has 8 heteroatoms. The molecular weight excluding hydrogens is 548 g/mol. The molecule has 2 aliphatic heterocycles. The molecule has 8 nitrogen and oxygen atoms in total. The van der Waals surface area contributed by atoms with Crippen molar-refractivity contribution in [2.75, 3.05) is 7.11 Å². The molecule has 10 atom stereocenters. The monoisotopic (exact) mass is 588 g/mol. The summed E-state index contributed by atoms with van der Waals surface area (Å²) >= 11 is 0. The Morgan fingerprint density at radius 3 is 2.51 bits per heavy atom. The van der Waals surface area contributed by atoms with E-state index in [0.717, 1.165) is 17.5 Å². The molecule has 43 heavy (non-hydrogen) atoms. The summed E-state index contributed by atoms with van der Waals surface area (Å²) in [5.41, 5.74) is 1.84. The fourth-order valence-corrected chi connectivity index (χ4v) is 10.1. The SMILES string of the molecule is COC(=O)CC[C@H]1[C@]2(C)C3=C(C)[C@H](c4ccoc4)C[C@@H]3O[C@@H]2[C@@H]2OC(=O)[C@]3(C)C(OCc4ccccc4)CC(=O)[C@@]1(C)C23. The van der Waals surface area contributed by atoms with Crippen molar-refractivity contribution >= 4 is 17.7 Å². The third kappa shape index (κ3) is 3.78. The van der Waals surface area contributed by atoms with E-state index in [1.165, 1.54) is 18.3 Å². The highest BCUT2D eigenvalue weighted by atomic mass is 16.6. The van der Waals surface area contributed by atoms with Crippen LogP contribution in [0, 0.1) is 28.1 Å². The Morgan fingerprint density at radius 2 is 1.81 bits per heavy atom. The Kier molecular flexibility index (Phi) is 6.57. The van der Waals surface area contributed by atoms with Gasteiger partial charge in [0.1, 0.15) is 18.0 Å². The molecule has 0 N–H and O–H groups in total. The molecule has 0 amide bonds. The molecule has 228 valence electrons. The maximum Gasteiger partial charge on any atom is 0.315 e. The zero-order chi connectivity index (χ0) is 30.3. The zero-order valence-electron chi connectivity index (χ0n) is 25.5. The lowest BCUT2D eigenvalue weighted by molar-refractivity contribution is -0.209. The van der Waals surface area contributed by atoms with Gasteiger partial charge in [-0.15, -0.1) is 0 Å². The van der Waals surface area contributed by atoms with E-state index in [2.05, 4.69) is 13.8 Å². The van der Waals surface area contributed by atoms with Gasteiger partial charge in [0.2, 0.25) is 0 Å². The minimum Gasteiger partial charge on any atom is -0.472 e. The Hall–Kier alpha value is -3.23. The number of esters is 2. The van der Waals surface area contributed by atoms with Gasteiger partial charge in [-0.05, 0) is 55.4 Å². The summed E-state index contributed by atoms with van der Waals surface area (Å²) < 4.78 is 30.2. The summed E-state index contributed by atoms with van der Waals surface area (Å²) in [5.74, 6) is -1.20. The Morgan fingerprint density at radius 1 is 1.05 bits per heavy atom. The van der Waals surface area contributed by atoms with E-state index in [9.17, 15) is 14.4 Å². The second-order valence-electron chi connectivity index (χ2n) is 13.8. The maximum absolute atomic E-state index is 14.6. The van der Waals surface area contributed by atoms with Crippen LogP contribution in [0.5, 0.6) is 0 Å². The van der Waals surface area contributed by atoms with E-state index in [0.29, 0.717) is 13.0 Å². The number of hydrogen-bond acceptors (Lipinski definition) is 8. The van der Waals surface area contributed by atoms with Gasteiger partial charge in [0.05, 0.1) is 43.9 Å². The second-order valence-corrected chi connectivity index (χ2v) is 13.8. The average molecular weight is 589 g/mol. The predicted molar refractivity (Wildman–Crippen MR) is 155 cm³/mol. The van der Waals surface area contributed by atoms with Gasteiger partial charge in [0, 0.05) is 35.5 Å². The van der Waals surface area contributed by atoms with E-state index in [1.807, 2.05) is 50.2 Å². The van der Waals surface area contributed by atoms with Crippen molar-refractivity contribution in [2.24, 2.45) is 28.1 Å². The fourth-order valence-electron chi connectivity index (χ4n) is 10.1. The van der Waals surface area contributed by atoms with Gasteiger partial charge in [-0.2, -0.15) is 0 Å². The number of carbonyl (C=O) groups excluding carboxylic acids is 3. The van der Waals surface area contributed by atoms with Crippen molar-refractivity contribution in [1.29, 1.82) is 0 Å². The molecule has 5 aliphatic rings. The topological polar surface area (TPSA) is 101 Å². The normalized spacial score (nSPS) is 41.1. The Balaban J connectivity index is 1.33. The molecule has 3 heterocycles. The second kappa shape index (κ2) is 9.89. The molecule has 2 unspecified atom stereocenters. The summed E-state index contributed by atoms with van der Waals surface area (Å²) in [4.78, 5) is 41.2. The number of ether oxygens (including phenoxy) is 4. The van der Waals surface area contributed by atoms with E-state index in [4.69, 9.17) is 23.4 Å². The third-order valence-corrected chi connectivity index (χ3v) is 12.0. The molecule has 3 aliphatic carbocycles. The van der Waals surface area contributed by atoms with Gasteiger partial charge in [0.15, 0.2) is 0 Å². The van der Waals surface area contributed by atoms with Crippen molar-refractivity contribution in [1.82, 2.24) is 0 Å². The standard InChI is InChI=1S/C35H40O8/c1-19-22(21-13-14-40-18-21)15-23-28(19)34(3)24(11-12-27(37)39-5)33(2)25(36)16-26(41-17-20-9-7-6-8-10-20)35(4)30(33)29(31(34)42-23)43-32(35)38/h6-10,13-14,18,22-24,26,29-31H,11-12,15-17H2,1-5H3/t22-,23+,24-,26?,29-,30?,31-,33+,34-,35-/m1/s1. The average Bonchev–Trinajstić information content (AvgIpc) is 3.75. The molecule has 4 fully saturated rings. The maximum atomic E-state index is 14.6. The molecule has 1 aromatic carbocycles. The van der Waals surface area contributed by atoms with Crippen molar-refractivity contribution in [3.8, 4) is 0 Å². The molecule has 2 aromatic rings. The number of furan rings is 1. The quantitative estimate of drug-likeness (QED) is 0.307. The summed E-state index contributed by atoms with van der Waals surface area (Å²) in [6.07, 6.45) is 3.09. The van der Waals surface area contributed by atoms with Gasteiger partial charge in [-0.25, -0.2) is 0 Å². The first-order valence-corrected chi connectivity index (χ1v) is 15.4. The lowest BCUT2D eigenvalue weighted by Crippen LogP contribution is -2.69. The van der Waals surface area contributed by atoms with Crippen molar-refractivity contribution in [3.05, 3.63) is 71.2 Å². The summed E-state index contributed by atoms with van der Waals surface area (Å²) in [5, 5.41) is 0. The summed E-state index contributed by atoms with van der Waals surface area (Å²) in [6, 6.07) is 11.8. The van der Waals surface area contributed by atoms with Gasteiger partial charge in [0.25, 0.3) is 0 Å². The summed E-state index contributed by atoms with van der Waals surface area (Å²) in [7, 11) is 1.39. The largest absolute Gasteiger partial charge is 0.472 e. The molecule has 2 saturated carbocycles. The predicted octanol–water partition coefficient (Wildman–Crippen LogP) is 5.55. The van der Waals surface area contributed by atoms with Crippen molar-refractivity contribution < 1.29 is 37.7 Å². The highest BCUT2D eigenvalue weighted by molar-refractivity contribution is 5.93. The van der Waals surface area contributed by atoms with Gasteiger partial charge in [-0.1, -0.05) is 49.8 Å². The van der Waals surface area contributed by atoms with Crippen LogP contribution in [-0.4, -0.2) is 49.2 Å². The lowest BCUT2D eigenvalue weighted by Gasteiger charge is -2.61. The molecule has 0 bridgehead atoms. The van der Waals surface area contributed by atoms with Crippen LogP contribution in [0.3, 0.4) is 0 Å². The van der Waals surface area contributed by atoms with Crippen LogP contribution in [0.2, 0.25) is 0 Å².